The van der Waals surface area contributed by atoms with E-state index in [1.54, 1.807) is 4.90 Å². The lowest BCUT2D eigenvalue weighted by Crippen LogP contribution is -2.51. The summed E-state index contributed by atoms with van der Waals surface area (Å²) in [5, 5.41) is 24.1. The topological polar surface area (TPSA) is 116 Å². The number of carbonyl (C=O) groups is 1. The molecule has 0 atom stereocenters. The van der Waals surface area contributed by atoms with Gasteiger partial charge >= 0.3 is 6.18 Å². The van der Waals surface area contributed by atoms with E-state index in [1.165, 1.54) is 12.1 Å². The van der Waals surface area contributed by atoms with Gasteiger partial charge in [0.2, 0.25) is 5.82 Å². The van der Waals surface area contributed by atoms with Crippen molar-refractivity contribution in [1.29, 1.82) is 0 Å². The molecule has 0 unspecified atom stereocenters. The number of hydrogen-bond acceptors (Lipinski definition) is 8. The van der Waals surface area contributed by atoms with Crippen molar-refractivity contribution in [3.8, 4) is 5.75 Å². The summed E-state index contributed by atoms with van der Waals surface area (Å²) in [7, 11) is 0. The lowest BCUT2D eigenvalue weighted by atomic mass is 10.1. The number of hydrazone groups is 1. The highest BCUT2D eigenvalue weighted by Crippen LogP contribution is 2.31. The molecule has 15 heteroatoms. The van der Waals surface area contributed by atoms with Crippen LogP contribution < -0.4 is 20.7 Å². The van der Waals surface area contributed by atoms with Gasteiger partial charge in [0.1, 0.15) is 11.9 Å². The van der Waals surface area contributed by atoms with Gasteiger partial charge in [-0.15, -0.1) is 0 Å². The van der Waals surface area contributed by atoms with Crippen molar-refractivity contribution in [2.75, 3.05) is 42.1 Å². The van der Waals surface area contributed by atoms with Crippen molar-refractivity contribution in [2.24, 2.45) is 5.10 Å². The SMILES string of the molecule is O=C(Nc1cccc(C(F)(F)F)c1)c1cc(Cl)c(O)c(/C=N\N[n+]2ncc(F)c(N3CCOCC3)n2)c1. The molecule has 1 aliphatic heterocycles. The number of aromatic nitrogens is 3. The van der Waals surface area contributed by atoms with E-state index in [9.17, 15) is 27.5 Å². The molecule has 3 N–H and O–H groups in total. The highest BCUT2D eigenvalue weighted by Gasteiger charge is 2.30. The molecule has 1 fully saturated rings. The van der Waals surface area contributed by atoms with E-state index < -0.39 is 29.2 Å². The average Bonchev–Trinajstić information content (AvgIpc) is 2.87. The molecule has 3 aromatic rings. The van der Waals surface area contributed by atoms with Crippen molar-refractivity contribution in [3.63, 3.8) is 0 Å². The summed E-state index contributed by atoms with van der Waals surface area (Å²) in [5.41, 5.74) is 1.38. The second-order valence-electron chi connectivity index (χ2n) is 7.69. The van der Waals surface area contributed by atoms with E-state index in [0.29, 0.717) is 26.3 Å². The molecular formula is C22H19ClF4N7O3+. The first-order valence-electron chi connectivity index (χ1n) is 10.7. The molecule has 0 radical (unpaired) electrons. The summed E-state index contributed by atoms with van der Waals surface area (Å²) in [5.74, 6) is -1.76. The van der Waals surface area contributed by atoms with E-state index in [4.69, 9.17) is 16.3 Å². The maximum Gasteiger partial charge on any atom is 0.416 e. The summed E-state index contributed by atoms with van der Waals surface area (Å²) in [4.78, 5) is 15.2. The Balaban J connectivity index is 1.49. The van der Waals surface area contributed by atoms with E-state index in [0.717, 1.165) is 41.6 Å². The van der Waals surface area contributed by atoms with Crippen molar-refractivity contribution in [2.45, 2.75) is 6.18 Å². The molecule has 0 aliphatic carbocycles. The number of rotatable bonds is 6. The first kappa shape index (κ1) is 26.0. The van der Waals surface area contributed by atoms with Crippen LogP contribution in [0.15, 0.2) is 47.7 Å². The second-order valence-corrected chi connectivity index (χ2v) is 8.10. The van der Waals surface area contributed by atoms with Gasteiger partial charge in [0, 0.05) is 29.4 Å². The molecule has 2 heterocycles. The zero-order valence-electron chi connectivity index (χ0n) is 18.8. The van der Waals surface area contributed by atoms with Crippen LogP contribution in [-0.4, -0.2) is 53.7 Å². The monoisotopic (exact) mass is 540 g/mol. The van der Waals surface area contributed by atoms with Gasteiger partial charge in [0.15, 0.2) is 12.0 Å². The predicted octanol–water partition coefficient (Wildman–Crippen LogP) is 2.95. The molecule has 10 nitrogen and oxygen atoms in total. The zero-order chi connectivity index (χ0) is 26.6. The number of anilines is 2. The Labute approximate surface area is 212 Å². The lowest BCUT2D eigenvalue weighted by Gasteiger charge is -2.26. The molecule has 1 saturated heterocycles. The first-order valence-corrected chi connectivity index (χ1v) is 11.1. The summed E-state index contributed by atoms with van der Waals surface area (Å²) < 4.78 is 58.2. The van der Waals surface area contributed by atoms with Crippen LogP contribution in [-0.2, 0) is 10.9 Å². The number of morpholine rings is 1. The van der Waals surface area contributed by atoms with Crippen molar-refractivity contribution in [3.05, 3.63) is 70.1 Å². The Kier molecular flexibility index (Phi) is 7.69. The number of aromatic hydroxyl groups is 1. The number of amides is 1. The molecule has 194 valence electrons. The molecule has 37 heavy (non-hydrogen) atoms. The van der Waals surface area contributed by atoms with Crippen LogP contribution in [0, 0.1) is 5.82 Å². The van der Waals surface area contributed by atoms with Crippen LogP contribution in [0.4, 0.5) is 29.1 Å². The van der Waals surface area contributed by atoms with Gasteiger partial charge in [0.25, 0.3) is 5.91 Å². The molecule has 4 rings (SSSR count). The maximum absolute atomic E-state index is 14.2. The number of nitrogens with zero attached hydrogens (tertiary/aromatic N) is 5. The van der Waals surface area contributed by atoms with Gasteiger partial charge in [-0.2, -0.15) is 13.2 Å². The Morgan fingerprint density at radius 1 is 1.24 bits per heavy atom. The minimum Gasteiger partial charge on any atom is -0.506 e. The number of halogens is 5. The van der Waals surface area contributed by atoms with Gasteiger partial charge in [0.05, 0.1) is 34.3 Å². The van der Waals surface area contributed by atoms with Crippen LogP contribution in [0.3, 0.4) is 0 Å². The standard InChI is InChI=1S/C22H18ClF4N7O3/c23-17-9-13(21(36)30-16-3-1-2-15(10-16)22(25,26)27)8-14(19(17)35)11-28-32-34-29-12-18(24)20(31-34)33-4-6-37-7-5-33/h1-3,8-12H,4-7H2,(H2,29,30,31,36)/p+1. The summed E-state index contributed by atoms with van der Waals surface area (Å²) >= 11 is 6.02. The number of nitrogens with one attached hydrogen (secondary N) is 2. The highest BCUT2D eigenvalue weighted by atomic mass is 35.5. The fourth-order valence-electron chi connectivity index (χ4n) is 3.34. The van der Waals surface area contributed by atoms with E-state index >= 15 is 0 Å². The van der Waals surface area contributed by atoms with Crippen molar-refractivity contribution in [1.82, 2.24) is 10.2 Å². The highest BCUT2D eigenvalue weighted by molar-refractivity contribution is 6.33. The molecule has 1 aromatic heterocycles. The van der Waals surface area contributed by atoms with Gasteiger partial charge < -0.3 is 20.1 Å². The van der Waals surface area contributed by atoms with Crippen LogP contribution in [0.25, 0.3) is 0 Å². The Morgan fingerprint density at radius 3 is 2.73 bits per heavy atom. The number of ether oxygens (including phenoxy) is 1. The first-order chi connectivity index (χ1) is 17.6. The molecule has 1 amide bonds. The molecule has 0 bridgehead atoms. The number of benzene rings is 2. The smallest absolute Gasteiger partial charge is 0.416 e. The predicted molar refractivity (Wildman–Crippen MR) is 125 cm³/mol. The fraction of sp³-hybridized carbons (Fsp3) is 0.227. The normalized spacial score (nSPS) is 14.1. The maximum atomic E-state index is 14.2. The van der Waals surface area contributed by atoms with Gasteiger partial charge in [-0.25, -0.2) is 4.39 Å². The van der Waals surface area contributed by atoms with E-state index in [1.807, 2.05) is 0 Å². The minimum atomic E-state index is -4.57. The zero-order valence-corrected chi connectivity index (χ0v) is 19.6. The van der Waals surface area contributed by atoms with Crippen molar-refractivity contribution < 1.29 is 37.1 Å². The van der Waals surface area contributed by atoms with E-state index in [-0.39, 0.29) is 27.7 Å². The molecule has 0 spiro atoms. The number of alkyl halides is 3. The summed E-state index contributed by atoms with van der Waals surface area (Å²) in [6, 6.07) is 6.50. The van der Waals surface area contributed by atoms with Gasteiger partial charge in [-0.1, -0.05) is 17.7 Å². The third-order valence-corrected chi connectivity index (χ3v) is 5.44. The Bertz CT molecular complexity index is 1330. The number of phenols is 1. The third kappa shape index (κ3) is 6.40. The summed E-state index contributed by atoms with van der Waals surface area (Å²) in [6.45, 7) is 1.73. The lowest BCUT2D eigenvalue weighted by molar-refractivity contribution is -0.766. The molecular weight excluding hydrogens is 522 g/mol. The van der Waals surface area contributed by atoms with Gasteiger partial charge in [-0.3, -0.25) is 4.79 Å². The number of hydrogen-bond donors (Lipinski definition) is 3. The van der Waals surface area contributed by atoms with Crippen LogP contribution >= 0.6 is 11.6 Å². The quantitative estimate of drug-likeness (QED) is 0.190. The Hall–Kier alpha value is -4.04. The van der Waals surface area contributed by atoms with Crippen LogP contribution in [0.2, 0.25) is 5.02 Å². The number of phenolic OH excluding ortho intramolecular Hbond substituents is 1. The van der Waals surface area contributed by atoms with Crippen LogP contribution in [0.1, 0.15) is 21.5 Å². The van der Waals surface area contributed by atoms with Crippen LogP contribution in [0.5, 0.6) is 5.75 Å². The second kappa shape index (κ2) is 10.9. The van der Waals surface area contributed by atoms with E-state index in [2.05, 4.69) is 26.2 Å². The molecule has 1 aliphatic rings. The minimum absolute atomic E-state index is 0.00491. The fourth-order valence-corrected chi connectivity index (χ4v) is 3.57. The Morgan fingerprint density at radius 2 is 2.00 bits per heavy atom. The van der Waals surface area contributed by atoms with Crippen molar-refractivity contribution >= 4 is 35.2 Å². The molecule has 0 saturated carbocycles. The molecule has 2 aromatic carbocycles. The third-order valence-electron chi connectivity index (χ3n) is 5.15. The summed E-state index contributed by atoms with van der Waals surface area (Å²) in [6.07, 6.45) is -2.52. The largest absolute Gasteiger partial charge is 0.506 e. The van der Waals surface area contributed by atoms with Gasteiger partial charge in [-0.05, 0) is 46.1 Å². The number of carbonyl (C=O) groups excluding carboxylic acids is 1. The average molecular weight is 541 g/mol.